The van der Waals surface area contributed by atoms with Crippen LogP contribution in [0.5, 0.6) is 0 Å². The van der Waals surface area contributed by atoms with E-state index < -0.39 is 0 Å². The lowest BCUT2D eigenvalue weighted by Crippen LogP contribution is -2.02. The third kappa shape index (κ3) is 3.15. The molecule has 0 amide bonds. The zero-order valence-corrected chi connectivity index (χ0v) is 15.8. The highest BCUT2D eigenvalue weighted by Crippen LogP contribution is 2.36. The van der Waals surface area contributed by atoms with Crippen molar-refractivity contribution in [3.63, 3.8) is 0 Å². The molecule has 4 aromatic rings. The first-order chi connectivity index (χ1) is 12.6. The van der Waals surface area contributed by atoms with E-state index in [0.29, 0.717) is 5.92 Å². The summed E-state index contributed by atoms with van der Waals surface area (Å²) in [5, 5.41) is 1.90. The van der Waals surface area contributed by atoms with E-state index in [2.05, 4.69) is 59.9 Å². The van der Waals surface area contributed by atoms with Gasteiger partial charge in [0.05, 0.1) is 17.7 Å². The minimum atomic E-state index is 0.646. The van der Waals surface area contributed by atoms with Crippen LogP contribution in [0.3, 0.4) is 0 Å². The summed E-state index contributed by atoms with van der Waals surface area (Å²) in [6, 6.07) is 16.4. The minimum Gasteiger partial charge on any atom is -0.360 e. The molecule has 0 saturated carbocycles. The summed E-state index contributed by atoms with van der Waals surface area (Å²) >= 11 is 6.16. The summed E-state index contributed by atoms with van der Waals surface area (Å²) < 4.78 is 2.28. The number of H-pyrrole nitrogens is 1. The number of aryl methyl sites for hydroxylation is 1. The predicted molar refractivity (Wildman–Crippen MR) is 109 cm³/mol. The van der Waals surface area contributed by atoms with Gasteiger partial charge in [0.25, 0.3) is 0 Å². The molecule has 132 valence electrons. The molecule has 26 heavy (non-hydrogen) atoms. The Kier molecular flexibility index (Phi) is 4.56. The van der Waals surface area contributed by atoms with Gasteiger partial charge in [0.2, 0.25) is 0 Å². The van der Waals surface area contributed by atoms with E-state index in [1.165, 1.54) is 0 Å². The van der Waals surface area contributed by atoms with Crippen LogP contribution in [-0.4, -0.2) is 14.5 Å². The van der Waals surface area contributed by atoms with Gasteiger partial charge in [-0.25, -0.2) is 4.98 Å². The van der Waals surface area contributed by atoms with Crippen molar-refractivity contribution in [2.75, 3.05) is 0 Å². The maximum atomic E-state index is 6.16. The fourth-order valence-corrected chi connectivity index (χ4v) is 3.51. The maximum absolute atomic E-state index is 6.16. The number of imidazole rings is 1. The van der Waals surface area contributed by atoms with Crippen LogP contribution in [0.4, 0.5) is 0 Å². The summed E-state index contributed by atoms with van der Waals surface area (Å²) in [6.07, 6.45) is 5.15. The molecule has 0 radical (unpaired) electrons. The number of hydrogen-bond donors (Lipinski definition) is 1. The minimum absolute atomic E-state index is 0.646. The maximum Gasteiger partial charge on any atom is 0.0963 e. The molecule has 2 heterocycles. The lowest BCUT2D eigenvalue weighted by molar-refractivity contribution is 0.518. The third-order valence-corrected chi connectivity index (χ3v) is 4.97. The van der Waals surface area contributed by atoms with Gasteiger partial charge in [-0.2, -0.15) is 0 Å². The van der Waals surface area contributed by atoms with E-state index in [-0.39, 0.29) is 0 Å². The van der Waals surface area contributed by atoms with E-state index in [0.717, 1.165) is 51.4 Å². The predicted octanol–water partition coefficient (Wildman–Crippen LogP) is 6.40. The zero-order valence-electron chi connectivity index (χ0n) is 15.0. The van der Waals surface area contributed by atoms with Crippen molar-refractivity contribution in [1.29, 1.82) is 0 Å². The molecule has 0 spiro atoms. The van der Waals surface area contributed by atoms with Crippen LogP contribution in [-0.2, 0) is 6.54 Å². The molecule has 4 rings (SSSR count). The lowest BCUT2D eigenvalue weighted by Gasteiger charge is -2.11. The number of halogens is 1. The van der Waals surface area contributed by atoms with Crippen molar-refractivity contribution in [1.82, 2.24) is 14.5 Å². The van der Waals surface area contributed by atoms with Gasteiger partial charge in [-0.3, -0.25) is 0 Å². The van der Waals surface area contributed by atoms with Crippen LogP contribution in [0.2, 0.25) is 5.02 Å². The Morgan fingerprint density at radius 2 is 1.92 bits per heavy atom. The summed E-state index contributed by atoms with van der Waals surface area (Å²) in [4.78, 5) is 8.13. The largest absolute Gasteiger partial charge is 0.360 e. The van der Waals surface area contributed by atoms with Crippen LogP contribution >= 0.6 is 11.6 Å². The summed E-state index contributed by atoms with van der Waals surface area (Å²) in [5.74, 6) is 0.646. The van der Waals surface area contributed by atoms with Gasteiger partial charge in [0, 0.05) is 39.8 Å². The van der Waals surface area contributed by atoms with Gasteiger partial charge in [0.15, 0.2) is 0 Å². The standard InChI is InChI=1S/C22H22ClN3/c1-15(2)10-11-26-14-25-21(16-6-4-3-5-7-16)22(26)19-13-24-20-12-17(23)8-9-18(19)20/h3-9,12-15,24H,10-11H2,1-2H3. The van der Waals surface area contributed by atoms with Crippen LogP contribution in [0.1, 0.15) is 20.3 Å². The Hall–Kier alpha value is -2.52. The second-order valence-corrected chi connectivity index (χ2v) is 7.51. The first-order valence-electron chi connectivity index (χ1n) is 9.01. The first-order valence-corrected chi connectivity index (χ1v) is 9.39. The van der Waals surface area contributed by atoms with Gasteiger partial charge in [0.1, 0.15) is 0 Å². The molecule has 0 atom stereocenters. The highest BCUT2D eigenvalue weighted by molar-refractivity contribution is 6.31. The second-order valence-electron chi connectivity index (χ2n) is 7.08. The molecule has 2 aromatic carbocycles. The number of benzene rings is 2. The van der Waals surface area contributed by atoms with Crippen molar-refractivity contribution < 1.29 is 0 Å². The summed E-state index contributed by atoms with van der Waals surface area (Å²) in [7, 11) is 0. The quantitative estimate of drug-likeness (QED) is 0.437. The van der Waals surface area contributed by atoms with Crippen LogP contribution < -0.4 is 0 Å². The highest BCUT2D eigenvalue weighted by atomic mass is 35.5. The fraction of sp³-hybridized carbons (Fsp3) is 0.227. The molecule has 0 aliphatic carbocycles. The lowest BCUT2D eigenvalue weighted by atomic mass is 10.0. The van der Waals surface area contributed by atoms with Gasteiger partial charge in [-0.1, -0.05) is 61.8 Å². The molecule has 0 bridgehead atoms. The Labute approximate surface area is 158 Å². The summed E-state index contributed by atoms with van der Waals surface area (Å²) in [5.41, 5.74) is 5.52. The van der Waals surface area contributed by atoms with E-state index in [4.69, 9.17) is 16.6 Å². The smallest absolute Gasteiger partial charge is 0.0963 e. The van der Waals surface area contributed by atoms with Crippen molar-refractivity contribution in [2.45, 2.75) is 26.8 Å². The van der Waals surface area contributed by atoms with E-state index in [9.17, 15) is 0 Å². The van der Waals surface area contributed by atoms with Crippen molar-refractivity contribution in [3.05, 3.63) is 66.1 Å². The fourth-order valence-electron chi connectivity index (χ4n) is 3.33. The molecule has 4 heteroatoms. The molecule has 0 unspecified atom stereocenters. The van der Waals surface area contributed by atoms with E-state index in [1.807, 2.05) is 24.5 Å². The topological polar surface area (TPSA) is 33.6 Å². The molecule has 0 aliphatic rings. The van der Waals surface area contributed by atoms with Gasteiger partial charge in [-0.15, -0.1) is 0 Å². The SMILES string of the molecule is CC(C)CCn1cnc(-c2ccccc2)c1-c1c[nH]c2cc(Cl)ccc12. The Morgan fingerprint density at radius 1 is 1.12 bits per heavy atom. The Balaban J connectivity index is 1.90. The molecule has 1 N–H and O–H groups in total. The molecule has 0 saturated heterocycles. The number of fused-ring (bicyclic) bond motifs is 1. The zero-order chi connectivity index (χ0) is 18.1. The average Bonchev–Trinajstić information content (AvgIpc) is 3.23. The van der Waals surface area contributed by atoms with Crippen molar-refractivity contribution >= 4 is 22.5 Å². The number of hydrogen-bond acceptors (Lipinski definition) is 1. The van der Waals surface area contributed by atoms with E-state index in [1.54, 1.807) is 0 Å². The number of nitrogens with zero attached hydrogens (tertiary/aromatic N) is 2. The second kappa shape index (κ2) is 7.00. The highest BCUT2D eigenvalue weighted by Gasteiger charge is 2.18. The number of rotatable bonds is 5. The molecular formula is C22H22ClN3. The van der Waals surface area contributed by atoms with Crippen LogP contribution in [0.25, 0.3) is 33.4 Å². The van der Waals surface area contributed by atoms with Crippen molar-refractivity contribution in [2.24, 2.45) is 5.92 Å². The van der Waals surface area contributed by atoms with Gasteiger partial charge >= 0.3 is 0 Å². The Bertz CT molecular complexity index is 1030. The first kappa shape index (κ1) is 16.9. The molecule has 0 fully saturated rings. The molecule has 0 aliphatic heterocycles. The number of aromatic amines is 1. The van der Waals surface area contributed by atoms with Crippen molar-refractivity contribution in [3.8, 4) is 22.5 Å². The third-order valence-electron chi connectivity index (χ3n) is 4.73. The summed E-state index contributed by atoms with van der Waals surface area (Å²) in [6.45, 7) is 5.46. The van der Waals surface area contributed by atoms with E-state index >= 15 is 0 Å². The Morgan fingerprint density at radius 3 is 2.69 bits per heavy atom. The molecule has 2 aromatic heterocycles. The normalized spacial score (nSPS) is 11.5. The molecule has 3 nitrogen and oxygen atoms in total. The molecular weight excluding hydrogens is 342 g/mol. The monoisotopic (exact) mass is 363 g/mol. The van der Waals surface area contributed by atoms with Crippen LogP contribution in [0.15, 0.2) is 61.1 Å². The van der Waals surface area contributed by atoms with Crippen LogP contribution in [0, 0.1) is 5.92 Å². The van der Waals surface area contributed by atoms with Gasteiger partial charge in [-0.05, 0) is 24.5 Å². The number of nitrogens with one attached hydrogen (secondary N) is 1. The average molecular weight is 364 g/mol. The van der Waals surface area contributed by atoms with Gasteiger partial charge < -0.3 is 9.55 Å². The number of aromatic nitrogens is 3.